The number of benzene rings is 2. The minimum Gasteiger partial charge on any atom is -0.508 e. The van der Waals surface area contributed by atoms with Crippen LogP contribution in [0.3, 0.4) is 0 Å². The Hall–Kier alpha value is -2.98. The van der Waals surface area contributed by atoms with Gasteiger partial charge in [0.1, 0.15) is 28.9 Å². The summed E-state index contributed by atoms with van der Waals surface area (Å²) < 4.78 is 20.1. The van der Waals surface area contributed by atoms with Crippen LogP contribution in [0.15, 0.2) is 59.1 Å². The van der Waals surface area contributed by atoms with Crippen LogP contribution in [0.25, 0.3) is 5.69 Å². The van der Waals surface area contributed by atoms with Gasteiger partial charge in [-0.1, -0.05) is 11.8 Å². The number of phenolic OH excluding ortho intramolecular Hbond substituents is 1. The largest absolute Gasteiger partial charge is 0.508 e. The highest BCUT2D eigenvalue weighted by Crippen LogP contribution is 2.24. The first-order valence-corrected chi connectivity index (χ1v) is 10.1. The summed E-state index contributed by atoms with van der Waals surface area (Å²) >= 11 is 2.96. The van der Waals surface area contributed by atoms with Crippen molar-refractivity contribution in [3.8, 4) is 17.2 Å². The van der Waals surface area contributed by atoms with E-state index in [9.17, 15) is 9.50 Å². The zero-order valence-electron chi connectivity index (χ0n) is 14.4. The lowest BCUT2D eigenvalue weighted by atomic mass is 10.3. The number of halogens is 1. The number of thioether (sulfide) groups is 1. The predicted molar refractivity (Wildman–Crippen MR) is 103 cm³/mol. The lowest BCUT2D eigenvalue weighted by molar-refractivity contribution is 0.305. The first-order chi connectivity index (χ1) is 13.7. The Morgan fingerprint density at radius 3 is 2.68 bits per heavy atom. The topological polar surface area (TPSA) is 86.0 Å². The molecule has 0 atom stereocenters. The number of ether oxygens (including phenoxy) is 1. The molecule has 0 amide bonds. The molecule has 0 saturated carbocycles. The van der Waals surface area contributed by atoms with Crippen molar-refractivity contribution in [1.82, 2.24) is 25.2 Å². The molecule has 0 aliphatic carbocycles. The molecule has 0 aliphatic heterocycles. The SMILES string of the molecule is Oc1ccc(-n2nnnc2SCc2csc(COc3ccc(F)cc3)n2)cc1. The Kier molecular flexibility index (Phi) is 5.49. The fraction of sp³-hybridized carbons (Fsp3) is 0.111. The van der Waals surface area contributed by atoms with E-state index in [0.717, 1.165) is 16.4 Å². The number of hydrogen-bond donors (Lipinski definition) is 1. The third kappa shape index (κ3) is 4.46. The fourth-order valence-electron chi connectivity index (χ4n) is 2.32. The van der Waals surface area contributed by atoms with E-state index < -0.39 is 0 Å². The first kappa shape index (κ1) is 18.4. The van der Waals surface area contributed by atoms with Crippen LogP contribution < -0.4 is 4.74 Å². The average Bonchev–Trinajstić information content (AvgIpc) is 3.36. The molecular weight excluding hydrogens is 401 g/mol. The van der Waals surface area contributed by atoms with Crippen LogP contribution in [0.4, 0.5) is 4.39 Å². The van der Waals surface area contributed by atoms with Crippen molar-refractivity contribution < 1.29 is 14.2 Å². The van der Waals surface area contributed by atoms with Gasteiger partial charge in [-0.3, -0.25) is 0 Å². The highest BCUT2D eigenvalue weighted by Gasteiger charge is 2.11. The van der Waals surface area contributed by atoms with E-state index in [0.29, 0.717) is 23.3 Å². The van der Waals surface area contributed by atoms with Gasteiger partial charge in [-0.15, -0.1) is 16.4 Å². The normalized spacial score (nSPS) is 10.9. The van der Waals surface area contributed by atoms with E-state index in [1.807, 2.05) is 5.38 Å². The maximum absolute atomic E-state index is 12.9. The van der Waals surface area contributed by atoms with E-state index in [1.54, 1.807) is 41.1 Å². The molecule has 0 bridgehead atoms. The van der Waals surface area contributed by atoms with E-state index in [4.69, 9.17) is 4.74 Å². The molecule has 0 aliphatic rings. The van der Waals surface area contributed by atoms with Crippen LogP contribution in [0.1, 0.15) is 10.7 Å². The summed E-state index contributed by atoms with van der Waals surface area (Å²) in [5.74, 6) is 1.09. The smallest absolute Gasteiger partial charge is 0.214 e. The molecular formula is C18H14FN5O2S2. The summed E-state index contributed by atoms with van der Waals surface area (Å²) in [7, 11) is 0. The maximum atomic E-state index is 12.9. The summed E-state index contributed by atoms with van der Waals surface area (Å²) in [5, 5.41) is 24.6. The van der Waals surface area contributed by atoms with Crippen LogP contribution >= 0.6 is 23.1 Å². The molecule has 4 aromatic rings. The first-order valence-electron chi connectivity index (χ1n) is 8.19. The lowest BCUT2D eigenvalue weighted by Gasteiger charge is -2.04. The van der Waals surface area contributed by atoms with Gasteiger partial charge in [0.15, 0.2) is 0 Å². The molecule has 28 heavy (non-hydrogen) atoms. The van der Waals surface area contributed by atoms with Gasteiger partial charge >= 0.3 is 0 Å². The Morgan fingerprint density at radius 2 is 1.89 bits per heavy atom. The van der Waals surface area contributed by atoms with Crippen LogP contribution in [0.2, 0.25) is 0 Å². The summed E-state index contributed by atoms with van der Waals surface area (Å²) in [5.41, 5.74) is 1.66. The number of hydrogen-bond acceptors (Lipinski definition) is 8. The van der Waals surface area contributed by atoms with Gasteiger partial charge in [-0.25, -0.2) is 9.37 Å². The molecule has 0 saturated heterocycles. The maximum Gasteiger partial charge on any atom is 0.214 e. The van der Waals surface area contributed by atoms with Gasteiger partial charge in [0.2, 0.25) is 5.16 Å². The zero-order valence-corrected chi connectivity index (χ0v) is 16.0. The molecule has 0 radical (unpaired) electrons. The van der Waals surface area contributed by atoms with Crippen molar-refractivity contribution in [2.45, 2.75) is 17.5 Å². The van der Waals surface area contributed by atoms with Crippen molar-refractivity contribution in [3.05, 3.63) is 70.4 Å². The molecule has 4 rings (SSSR count). The molecule has 2 heterocycles. The van der Waals surface area contributed by atoms with Crippen LogP contribution in [0.5, 0.6) is 11.5 Å². The van der Waals surface area contributed by atoms with Gasteiger partial charge in [-0.05, 0) is 59.0 Å². The van der Waals surface area contributed by atoms with Crippen molar-refractivity contribution in [2.24, 2.45) is 0 Å². The van der Waals surface area contributed by atoms with Crippen LogP contribution in [-0.2, 0) is 12.4 Å². The Morgan fingerprint density at radius 1 is 1.11 bits per heavy atom. The third-order valence-corrected chi connectivity index (χ3v) is 5.48. The molecule has 142 valence electrons. The van der Waals surface area contributed by atoms with Gasteiger partial charge < -0.3 is 9.84 Å². The minimum absolute atomic E-state index is 0.184. The van der Waals surface area contributed by atoms with E-state index in [-0.39, 0.29) is 11.6 Å². The number of aromatic nitrogens is 5. The number of aromatic hydroxyl groups is 1. The highest BCUT2D eigenvalue weighted by molar-refractivity contribution is 7.98. The van der Waals surface area contributed by atoms with E-state index >= 15 is 0 Å². The summed E-state index contributed by atoms with van der Waals surface area (Å²) in [6.45, 7) is 0.326. The molecule has 2 aromatic carbocycles. The van der Waals surface area contributed by atoms with Gasteiger partial charge in [0.25, 0.3) is 0 Å². The van der Waals surface area contributed by atoms with Gasteiger partial charge in [0, 0.05) is 11.1 Å². The zero-order chi connectivity index (χ0) is 19.3. The Bertz CT molecular complexity index is 1050. The molecule has 0 spiro atoms. The number of phenols is 1. The second kappa shape index (κ2) is 8.36. The third-order valence-electron chi connectivity index (χ3n) is 3.66. The van der Waals surface area contributed by atoms with Crippen molar-refractivity contribution >= 4 is 23.1 Å². The summed E-state index contributed by atoms with van der Waals surface area (Å²) in [6.07, 6.45) is 0. The summed E-state index contributed by atoms with van der Waals surface area (Å²) in [4.78, 5) is 4.54. The Labute approximate surface area is 167 Å². The molecule has 1 N–H and O–H groups in total. The molecule has 10 heteroatoms. The van der Waals surface area contributed by atoms with Crippen LogP contribution in [0, 0.1) is 5.82 Å². The van der Waals surface area contributed by atoms with Crippen molar-refractivity contribution in [2.75, 3.05) is 0 Å². The number of rotatable bonds is 7. The van der Waals surface area contributed by atoms with Gasteiger partial charge in [0.05, 0.1) is 11.4 Å². The molecule has 7 nitrogen and oxygen atoms in total. The summed E-state index contributed by atoms with van der Waals surface area (Å²) in [6, 6.07) is 12.5. The quantitative estimate of drug-likeness (QED) is 0.459. The second-order valence-corrected chi connectivity index (χ2v) is 7.54. The molecule has 2 aromatic heterocycles. The lowest BCUT2D eigenvalue weighted by Crippen LogP contribution is -1.99. The van der Waals surface area contributed by atoms with Gasteiger partial charge in [-0.2, -0.15) is 4.68 Å². The Balaban J connectivity index is 1.35. The minimum atomic E-state index is -0.296. The standard InChI is InChI=1S/C18H14FN5O2S2/c19-12-1-7-16(8-2-12)26-9-17-20-13(10-27-17)11-28-18-21-22-23-24(18)14-3-5-15(25)6-4-14/h1-8,10,25H,9,11H2. The highest BCUT2D eigenvalue weighted by atomic mass is 32.2. The number of thiazole rings is 1. The molecule has 0 unspecified atom stereocenters. The van der Waals surface area contributed by atoms with Crippen molar-refractivity contribution in [3.63, 3.8) is 0 Å². The molecule has 0 fully saturated rings. The number of tetrazole rings is 1. The number of nitrogens with zero attached hydrogens (tertiary/aromatic N) is 5. The van der Waals surface area contributed by atoms with Crippen LogP contribution in [-0.4, -0.2) is 30.3 Å². The monoisotopic (exact) mass is 415 g/mol. The second-order valence-electron chi connectivity index (χ2n) is 5.65. The van der Waals surface area contributed by atoms with Crippen molar-refractivity contribution in [1.29, 1.82) is 0 Å². The van der Waals surface area contributed by atoms with E-state index in [2.05, 4.69) is 20.5 Å². The fourth-order valence-corrected chi connectivity index (χ4v) is 3.91. The van der Waals surface area contributed by atoms with E-state index in [1.165, 1.54) is 35.2 Å². The average molecular weight is 415 g/mol. The predicted octanol–water partition coefficient (Wildman–Crippen LogP) is 3.83.